The standard InChI is InChI=1S/C16H17NO/c1-10-3-2-4-11(5-10)15(9-17)16(18)14-7-12-6-13(12)8-14/h2-5,12-15H,6-8H2,1H3. The second-order valence-corrected chi connectivity index (χ2v) is 5.80. The van der Waals surface area contributed by atoms with Gasteiger partial charge in [0.25, 0.3) is 0 Å². The van der Waals surface area contributed by atoms with Crippen LogP contribution < -0.4 is 0 Å². The number of nitriles is 1. The fourth-order valence-electron chi connectivity index (χ4n) is 3.33. The van der Waals surface area contributed by atoms with Crippen molar-refractivity contribution in [2.24, 2.45) is 17.8 Å². The maximum absolute atomic E-state index is 12.4. The first-order valence-electron chi connectivity index (χ1n) is 6.69. The molecule has 0 radical (unpaired) electrons. The van der Waals surface area contributed by atoms with Gasteiger partial charge in [0.2, 0.25) is 0 Å². The van der Waals surface area contributed by atoms with Crippen molar-refractivity contribution in [1.29, 1.82) is 5.26 Å². The Kier molecular flexibility index (Phi) is 2.70. The predicted molar refractivity (Wildman–Crippen MR) is 68.9 cm³/mol. The third-order valence-corrected chi connectivity index (χ3v) is 4.44. The summed E-state index contributed by atoms with van der Waals surface area (Å²) in [7, 11) is 0. The van der Waals surface area contributed by atoms with Crippen LogP contribution in [-0.2, 0) is 4.79 Å². The molecule has 18 heavy (non-hydrogen) atoms. The number of rotatable bonds is 3. The van der Waals surface area contributed by atoms with Gasteiger partial charge in [-0.05, 0) is 43.6 Å². The second-order valence-electron chi connectivity index (χ2n) is 5.80. The highest BCUT2D eigenvalue weighted by Crippen LogP contribution is 2.55. The summed E-state index contributed by atoms with van der Waals surface area (Å²) in [5.41, 5.74) is 1.97. The summed E-state index contributed by atoms with van der Waals surface area (Å²) in [5, 5.41) is 9.31. The molecule has 0 bridgehead atoms. The lowest BCUT2D eigenvalue weighted by Crippen LogP contribution is -2.20. The van der Waals surface area contributed by atoms with E-state index in [0.29, 0.717) is 0 Å². The van der Waals surface area contributed by atoms with Gasteiger partial charge in [0.1, 0.15) is 5.92 Å². The summed E-state index contributed by atoms with van der Waals surface area (Å²) in [6.07, 6.45) is 3.35. The summed E-state index contributed by atoms with van der Waals surface area (Å²) in [6, 6.07) is 9.98. The van der Waals surface area contributed by atoms with Crippen LogP contribution in [0.4, 0.5) is 0 Å². The molecule has 3 unspecified atom stereocenters. The van der Waals surface area contributed by atoms with Gasteiger partial charge < -0.3 is 0 Å². The van der Waals surface area contributed by atoms with Gasteiger partial charge in [0, 0.05) is 5.92 Å². The molecule has 92 valence electrons. The van der Waals surface area contributed by atoms with E-state index in [4.69, 9.17) is 0 Å². The first-order valence-corrected chi connectivity index (χ1v) is 6.69. The topological polar surface area (TPSA) is 40.9 Å². The fourth-order valence-corrected chi connectivity index (χ4v) is 3.33. The maximum atomic E-state index is 12.4. The van der Waals surface area contributed by atoms with E-state index in [0.717, 1.165) is 35.8 Å². The van der Waals surface area contributed by atoms with E-state index < -0.39 is 5.92 Å². The molecule has 3 rings (SSSR count). The van der Waals surface area contributed by atoms with Gasteiger partial charge in [-0.25, -0.2) is 0 Å². The van der Waals surface area contributed by atoms with Gasteiger partial charge in [-0.1, -0.05) is 29.8 Å². The van der Waals surface area contributed by atoms with Gasteiger partial charge in [-0.2, -0.15) is 5.26 Å². The highest BCUT2D eigenvalue weighted by atomic mass is 16.1. The Hall–Kier alpha value is -1.62. The highest BCUT2D eigenvalue weighted by Gasteiger charge is 2.49. The summed E-state index contributed by atoms with van der Waals surface area (Å²) in [4.78, 5) is 12.4. The van der Waals surface area contributed by atoms with Crippen molar-refractivity contribution < 1.29 is 4.79 Å². The number of carbonyl (C=O) groups is 1. The van der Waals surface area contributed by atoms with Crippen molar-refractivity contribution >= 4 is 5.78 Å². The largest absolute Gasteiger partial charge is 0.298 e. The van der Waals surface area contributed by atoms with Crippen LogP contribution in [0, 0.1) is 36.0 Å². The highest BCUT2D eigenvalue weighted by molar-refractivity contribution is 5.90. The van der Waals surface area contributed by atoms with Crippen molar-refractivity contribution in [3.8, 4) is 6.07 Å². The van der Waals surface area contributed by atoms with Crippen LogP contribution in [0.5, 0.6) is 0 Å². The van der Waals surface area contributed by atoms with E-state index in [-0.39, 0.29) is 11.7 Å². The second kappa shape index (κ2) is 4.24. The van der Waals surface area contributed by atoms with Gasteiger partial charge >= 0.3 is 0 Å². The van der Waals surface area contributed by atoms with E-state index in [1.165, 1.54) is 6.42 Å². The molecule has 1 aromatic rings. The van der Waals surface area contributed by atoms with Crippen LogP contribution in [0.3, 0.4) is 0 Å². The third-order valence-electron chi connectivity index (χ3n) is 4.44. The number of hydrogen-bond acceptors (Lipinski definition) is 2. The van der Waals surface area contributed by atoms with Crippen LogP contribution in [0.25, 0.3) is 0 Å². The molecular weight excluding hydrogens is 222 g/mol. The Balaban J connectivity index is 1.80. The number of benzene rings is 1. The Labute approximate surface area is 108 Å². The van der Waals surface area contributed by atoms with Crippen LogP contribution in [0.15, 0.2) is 24.3 Å². The lowest BCUT2D eigenvalue weighted by atomic mass is 9.85. The van der Waals surface area contributed by atoms with Crippen LogP contribution >= 0.6 is 0 Å². The monoisotopic (exact) mass is 239 g/mol. The number of carbonyl (C=O) groups excluding carboxylic acids is 1. The van der Waals surface area contributed by atoms with E-state index in [1.807, 2.05) is 31.2 Å². The zero-order valence-electron chi connectivity index (χ0n) is 10.6. The molecule has 0 N–H and O–H groups in total. The zero-order chi connectivity index (χ0) is 12.7. The molecule has 0 aromatic heterocycles. The molecule has 0 amide bonds. The van der Waals surface area contributed by atoms with Crippen molar-refractivity contribution in [2.45, 2.75) is 32.1 Å². The molecule has 2 aliphatic rings. The third kappa shape index (κ3) is 1.95. The van der Waals surface area contributed by atoms with Crippen LogP contribution in [0.2, 0.25) is 0 Å². The first kappa shape index (κ1) is 11.5. The number of ketones is 1. The average molecular weight is 239 g/mol. The normalized spacial score (nSPS) is 30.3. The van der Waals surface area contributed by atoms with Gasteiger partial charge in [0.15, 0.2) is 5.78 Å². The number of aryl methyl sites for hydroxylation is 1. The zero-order valence-corrected chi connectivity index (χ0v) is 10.6. The summed E-state index contributed by atoms with van der Waals surface area (Å²) in [5.74, 6) is 1.30. The van der Waals surface area contributed by atoms with Crippen LogP contribution in [0.1, 0.15) is 36.3 Å². The quantitative estimate of drug-likeness (QED) is 0.812. The van der Waals surface area contributed by atoms with Gasteiger partial charge in [-0.3, -0.25) is 4.79 Å². The minimum absolute atomic E-state index is 0.138. The Morgan fingerprint density at radius 3 is 2.67 bits per heavy atom. The molecule has 3 atom stereocenters. The summed E-state index contributed by atoms with van der Waals surface area (Å²) < 4.78 is 0. The maximum Gasteiger partial charge on any atom is 0.157 e. The van der Waals surface area contributed by atoms with Gasteiger partial charge in [-0.15, -0.1) is 0 Å². The summed E-state index contributed by atoms with van der Waals surface area (Å²) in [6.45, 7) is 1.99. The number of Topliss-reactive ketones (excluding diaryl/α,β-unsaturated/α-hetero) is 1. The molecule has 0 heterocycles. The lowest BCUT2D eigenvalue weighted by Gasteiger charge is -2.15. The molecule has 2 aliphatic carbocycles. The van der Waals surface area contributed by atoms with Crippen molar-refractivity contribution in [2.75, 3.05) is 0 Å². The van der Waals surface area contributed by atoms with E-state index in [9.17, 15) is 10.1 Å². The predicted octanol–water partition coefficient (Wildman–Crippen LogP) is 3.22. The van der Waals surface area contributed by atoms with E-state index in [1.54, 1.807) is 0 Å². The molecular formula is C16H17NO. The van der Waals surface area contributed by atoms with Gasteiger partial charge in [0.05, 0.1) is 6.07 Å². The van der Waals surface area contributed by atoms with Crippen molar-refractivity contribution in [3.05, 3.63) is 35.4 Å². The molecule has 2 saturated carbocycles. The lowest BCUT2D eigenvalue weighted by molar-refractivity contribution is -0.123. The SMILES string of the molecule is Cc1cccc(C(C#N)C(=O)C2CC3CC3C2)c1. The van der Waals surface area contributed by atoms with E-state index in [2.05, 4.69) is 6.07 Å². The van der Waals surface area contributed by atoms with Crippen molar-refractivity contribution in [3.63, 3.8) is 0 Å². The molecule has 2 fully saturated rings. The minimum Gasteiger partial charge on any atom is -0.298 e. The molecule has 2 nitrogen and oxygen atoms in total. The molecule has 1 aromatic carbocycles. The average Bonchev–Trinajstić information content (AvgIpc) is 2.97. The number of fused-ring (bicyclic) bond motifs is 1. The molecule has 2 heteroatoms. The number of nitrogens with zero attached hydrogens (tertiary/aromatic N) is 1. The Morgan fingerprint density at radius 2 is 2.06 bits per heavy atom. The summed E-state index contributed by atoms with van der Waals surface area (Å²) >= 11 is 0. The fraction of sp³-hybridized carbons (Fsp3) is 0.500. The van der Waals surface area contributed by atoms with Crippen LogP contribution in [-0.4, -0.2) is 5.78 Å². The minimum atomic E-state index is -0.563. The molecule has 0 aliphatic heterocycles. The molecule has 0 saturated heterocycles. The number of hydrogen-bond donors (Lipinski definition) is 0. The van der Waals surface area contributed by atoms with Crippen molar-refractivity contribution in [1.82, 2.24) is 0 Å². The Bertz CT molecular complexity index is 518. The smallest absolute Gasteiger partial charge is 0.157 e. The van der Waals surface area contributed by atoms with E-state index >= 15 is 0 Å². The molecule has 0 spiro atoms. The first-order chi connectivity index (χ1) is 8.69. The Morgan fingerprint density at radius 1 is 1.33 bits per heavy atom.